The van der Waals surface area contributed by atoms with Gasteiger partial charge in [0.05, 0.1) is 37.5 Å². The van der Waals surface area contributed by atoms with Crippen molar-refractivity contribution < 1.29 is 28.5 Å². The van der Waals surface area contributed by atoms with Crippen molar-refractivity contribution in [3.05, 3.63) is 129 Å². The van der Waals surface area contributed by atoms with Crippen molar-refractivity contribution in [1.82, 2.24) is 20.6 Å². The van der Waals surface area contributed by atoms with Gasteiger partial charge in [-0.1, -0.05) is 37.5 Å². The van der Waals surface area contributed by atoms with Gasteiger partial charge in [0.1, 0.15) is 13.2 Å². The van der Waals surface area contributed by atoms with E-state index < -0.39 is 0 Å². The number of aromatic amines is 2. The van der Waals surface area contributed by atoms with Crippen LogP contribution in [0.3, 0.4) is 0 Å². The summed E-state index contributed by atoms with van der Waals surface area (Å²) < 4.78 is 23.2. The first kappa shape index (κ1) is 41.8. The third kappa shape index (κ3) is 9.37. The molecule has 3 aliphatic heterocycles. The zero-order chi connectivity index (χ0) is 40.5. The molecule has 4 N–H and O–H groups in total. The Kier molecular flexibility index (Phi) is 14.2. The first-order valence-electron chi connectivity index (χ1n) is 19.4. The van der Waals surface area contributed by atoms with Crippen molar-refractivity contribution in [2.75, 3.05) is 26.4 Å². The predicted octanol–water partition coefficient (Wildman–Crippen LogP) is 6.52. The standard InChI is InChI=1S/C46H58N4O6/c1-11-19-53-31(9)45-29(7)37-23-35-27(5)33(15-17-43(51)55-21-13-3)39(47-35)26-40-34(16-18-44(52)56-22-14-4)28(6)36(48-40)24-41-46(32(10)54-20-12-2)30(8)38(50-41)25-42(45)49-37/h11-14,23-26,31-32,35,38,47-50H,1-4,15-22H2,5-10H3/b37-23-,39-26?,41-24-,42-25-. The molecule has 5 rings (SSSR count). The molecule has 0 radical (unpaired) electrons. The van der Waals surface area contributed by atoms with Gasteiger partial charge in [0.25, 0.3) is 0 Å². The summed E-state index contributed by atoms with van der Waals surface area (Å²) in [5.41, 5.74) is 12.1. The Balaban J connectivity index is 1.75. The summed E-state index contributed by atoms with van der Waals surface area (Å²) in [6.07, 6.45) is 16.3. The minimum atomic E-state index is -0.292. The van der Waals surface area contributed by atoms with Crippen LogP contribution in [0.2, 0.25) is 0 Å². The summed E-state index contributed by atoms with van der Waals surface area (Å²) >= 11 is 0. The minimum Gasteiger partial charge on any atom is -0.461 e. The van der Waals surface area contributed by atoms with Gasteiger partial charge in [-0.25, -0.2) is 0 Å². The van der Waals surface area contributed by atoms with E-state index >= 15 is 0 Å². The van der Waals surface area contributed by atoms with Crippen LogP contribution in [-0.4, -0.2) is 66.5 Å². The van der Waals surface area contributed by atoms with Crippen molar-refractivity contribution >= 4 is 36.2 Å². The molecule has 0 spiro atoms. The summed E-state index contributed by atoms with van der Waals surface area (Å²) in [5, 5.41) is 9.53. The Labute approximate surface area is 331 Å². The zero-order valence-corrected chi connectivity index (χ0v) is 33.9. The van der Waals surface area contributed by atoms with Crippen LogP contribution in [0.25, 0.3) is 24.3 Å². The highest BCUT2D eigenvalue weighted by molar-refractivity contribution is 5.74. The van der Waals surface area contributed by atoms with E-state index in [1.807, 2.05) is 0 Å². The van der Waals surface area contributed by atoms with Crippen molar-refractivity contribution in [2.24, 2.45) is 0 Å². The Hall–Kier alpha value is -5.32. The summed E-state index contributed by atoms with van der Waals surface area (Å²) in [6.45, 7) is 28.8. The van der Waals surface area contributed by atoms with E-state index in [9.17, 15) is 9.59 Å². The number of nitrogens with one attached hydrogen (secondary N) is 4. The Bertz CT molecular complexity index is 2120. The lowest BCUT2D eigenvalue weighted by molar-refractivity contribution is -0.143. The molecule has 0 amide bonds. The molecule has 10 nitrogen and oxygen atoms in total. The fourth-order valence-electron chi connectivity index (χ4n) is 7.81. The maximum absolute atomic E-state index is 12.7. The van der Waals surface area contributed by atoms with E-state index in [-0.39, 0.29) is 62.3 Å². The summed E-state index contributed by atoms with van der Waals surface area (Å²) in [7, 11) is 0. The molecule has 0 saturated carbocycles. The second-order valence-electron chi connectivity index (χ2n) is 14.5. The van der Waals surface area contributed by atoms with E-state index in [0.29, 0.717) is 26.1 Å². The molecule has 5 heterocycles. The van der Waals surface area contributed by atoms with Crippen LogP contribution in [0.15, 0.2) is 84.3 Å². The largest absolute Gasteiger partial charge is 0.461 e. The number of hydrogen-bond donors (Lipinski definition) is 4. The van der Waals surface area contributed by atoms with Crippen molar-refractivity contribution in [2.45, 2.75) is 91.5 Å². The molecule has 3 aliphatic rings. The van der Waals surface area contributed by atoms with Gasteiger partial charge in [0, 0.05) is 57.5 Å². The van der Waals surface area contributed by atoms with E-state index in [1.165, 1.54) is 0 Å². The predicted molar refractivity (Wildman–Crippen MR) is 224 cm³/mol. The Morgan fingerprint density at radius 2 is 1.23 bits per heavy atom. The van der Waals surface area contributed by atoms with E-state index in [2.05, 4.69) is 113 Å². The average molecular weight is 763 g/mol. The lowest BCUT2D eigenvalue weighted by Gasteiger charge is -2.16. The molecule has 2 aromatic rings. The highest BCUT2D eigenvalue weighted by Crippen LogP contribution is 2.35. The highest BCUT2D eigenvalue weighted by atomic mass is 16.5. The fourth-order valence-corrected chi connectivity index (χ4v) is 7.81. The van der Waals surface area contributed by atoms with Gasteiger partial charge >= 0.3 is 11.9 Å². The normalized spacial score (nSPS) is 20.5. The summed E-state index contributed by atoms with van der Waals surface area (Å²) in [5.74, 6) is -0.579. The van der Waals surface area contributed by atoms with E-state index in [4.69, 9.17) is 18.9 Å². The highest BCUT2D eigenvalue weighted by Gasteiger charge is 2.31. The topological polar surface area (TPSA) is 127 Å². The van der Waals surface area contributed by atoms with Gasteiger partial charge in [0.15, 0.2) is 0 Å². The minimum absolute atomic E-state index is 0.144. The summed E-state index contributed by atoms with van der Waals surface area (Å²) in [4.78, 5) is 32.9. The molecule has 0 aromatic carbocycles. The molecular formula is C46H58N4O6. The molecule has 0 fully saturated rings. The number of rotatable bonds is 18. The number of esters is 2. The molecule has 8 bridgehead atoms. The SMILES string of the molecule is C=CCOC(=O)CCC1=C(C)C2/C=c3\[nH]/c(c(C(C)OCC=C)c3C)=C\C3N/C(=C\c4[nH]c(c(CCC(=O)OCC=C)c4C)C=C1N2)C(C(C)OCC=C)=C3C. The van der Waals surface area contributed by atoms with Crippen molar-refractivity contribution in [3.63, 3.8) is 0 Å². The van der Waals surface area contributed by atoms with Crippen molar-refractivity contribution in [1.29, 1.82) is 0 Å². The maximum Gasteiger partial charge on any atom is 0.306 e. The first-order valence-corrected chi connectivity index (χ1v) is 19.4. The van der Waals surface area contributed by atoms with Gasteiger partial charge in [-0.15, -0.1) is 13.2 Å². The number of carbonyl (C=O) groups excluding carboxylic acids is 2. The Morgan fingerprint density at radius 3 is 1.88 bits per heavy atom. The molecule has 4 atom stereocenters. The number of H-pyrrole nitrogens is 2. The van der Waals surface area contributed by atoms with Crippen LogP contribution in [0.1, 0.15) is 86.7 Å². The lowest BCUT2D eigenvalue weighted by atomic mass is 9.98. The number of carbonyl (C=O) groups is 2. The Morgan fingerprint density at radius 1 is 0.679 bits per heavy atom. The van der Waals surface area contributed by atoms with Gasteiger partial charge in [-0.3, -0.25) is 9.59 Å². The molecular weight excluding hydrogens is 705 g/mol. The van der Waals surface area contributed by atoms with Crippen molar-refractivity contribution in [3.8, 4) is 0 Å². The van der Waals surface area contributed by atoms with Gasteiger partial charge in [-0.05, 0) is 112 Å². The second kappa shape index (κ2) is 19.0. The molecule has 298 valence electrons. The molecule has 0 saturated heterocycles. The molecule has 0 aliphatic carbocycles. The third-order valence-electron chi connectivity index (χ3n) is 10.8. The molecule has 56 heavy (non-hydrogen) atoms. The third-order valence-corrected chi connectivity index (χ3v) is 10.8. The molecule has 10 heteroatoms. The summed E-state index contributed by atoms with van der Waals surface area (Å²) in [6, 6.07) is -0.315. The number of hydrogen-bond acceptors (Lipinski definition) is 8. The molecule has 2 aromatic heterocycles. The first-order chi connectivity index (χ1) is 26.9. The smallest absolute Gasteiger partial charge is 0.306 e. The number of allylic oxidation sites excluding steroid dienone is 1. The number of ether oxygens (including phenoxy) is 4. The fraction of sp³-hybridized carbons (Fsp3) is 0.391. The van der Waals surface area contributed by atoms with Crippen LogP contribution >= 0.6 is 0 Å². The van der Waals surface area contributed by atoms with E-state index in [1.54, 1.807) is 24.3 Å². The number of fused-ring (bicyclic) bond motifs is 8. The quantitative estimate of drug-likeness (QED) is 0.100. The van der Waals surface area contributed by atoms with E-state index in [0.717, 1.165) is 78.0 Å². The maximum atomic E-state index is 12.7. The zero-order valence-electron chi connectivity index (χ0n) is 33.9. The average Bonchev–Trinajstić information content (AvgIpc) is 3.85. The van der Waals surface area contributed by atoms with Gasteiger partial charge in [-0.2, -0.15) is 0 Å². The van der Waals surface area contributed by atoms with Crippen LogP contribution in [0.5, 0.6) is 0 Å². The monoisotopic (exact) mass is 762 g/mol. The molecule has 4 unspecified atom stereocenters. The second-order valence-corrected chi connectivity index (χ2v) is 14.5. The van der Waals surface area contributed by atoms with Gasteiger partial charge in [0.2, 0.25) is 0 Å². The van der Waals surface area contributed by atoms with Gasteiger partial charge < -0.3 is 39.5 Å². The van der Waals surface area contributed by atoms with Crippen LogP contribution in [-0.2, 0) is 35.0 Å². The lowest BCUT2D eigenvalue weighted by Crippen LogP contribution is -2.27. The van der Waals surface area contributed by atoms with Crippen LogP contribution in [0.4, 0.5) is 0 Å². The number of aromatic nitrogens is 2. The van der Waals surface area contributed by atoms with Crippen LogP contribution < -0.4 is 21.3 Å². The van der Waals surface area contributed by atoms with Crippen LogP contribution in [0, 0.1) is 13.8 Å².